The van der Waals surface area contributed by atoms with Crippen molar-refractivity contribution in [1.29, 1.82) is 0 Å². The molecule has 1 nitrogen and oxygen atoms in total. The first-order valence-corrected chi connectivity index (χ1v) is 13.1. The Morgan fingerprint density at radius 3 is 1.76 bits per heavy atom. The van der Waals surface area contributed by atoms with Crippen molar-refractivity contribution in [2.45, 2.75) is 87.8 Å². The maximum Gasteiger partial charge on any atom is 0.193 e. The lowest BCUT2D eigenvalue weighted by molar-refractivity contribution is -0.111. The second-order valence-corrected chi connectivity index (χ2v) is 9.90. The molecule has 0 heterocycles. The summed E-state index contributed by atoms with van der Waals surface area (Å²) < 4.78 is 0. The Morgan fingerprint density at radius 2 is 1.17 bits per heavy atom. The number of carbonyl (C=O) groups is 1. The van der Waals surface area contributed by atoms with Gasteiger partial charge in [0.05, 0.1) is 0 Å². The summed E-state index contributed by atoms with van der Waals surface area (Å²) in [5.74, 6) is 1.21. The molecule has 0 saturated carbocycles. The molecule has 0 spiro atoms. The molecular weight excluding hydrogens is 392 g/mol. The van der Waals surface area contributed by atoms with Gasteiger partial charge >= 0.3 is 0 Å². The first-order chi connectivity index (χ1) is 14.2. The number of carbonyl (C=O) groups excluding carboxylic acids is 1. The van der Waals surface area contributed by atoms with E-state index in [0.717, 1.165) is 11.3 Å². The van der Waals surface area contributed by atoms with Crippen molar-refractivity contribution in [3.8, 4) is 11.1 Å². The second kappa shape index (κ2) is 14.7. The number of hydrogen-bond donors (Lipinski definition) is 0. The monoisotopic (exact) mass is 428 g/mol. The summed E-state index contributed by atoms with van der Waals surface area (Å²) in [6, 6.07) is 17.3. The lowest BCUT2D eigenvalue weighted by Gasteiger charge is -2.06. The van der Waals surface area contributed by atoms with E-state index in [2.05, 4.69) is 62.4 Å². The third-order valence-corrected chi connectivity index (χ3v) is 7.06. The van der Waals surface area contributed by atoms with Crippen molar-refractivity contribution in [2.75, 3.05) is 5.75 Å². The molecule has 29 heavy (non-hydrogen) atoms. The number of rotatable bonds is 14. The zero-order chi connectivity index (χ0) is 20.7. The van der Waals surface area contributed by atoms with Crippen LogP contribution in [0.1, 0.15) is 78.1 Å². The van der Waals surface area contributed by atoms with Crippen LogP contribution >= 0.6 is 23.5 Å². The third kappa shape index (κ3) is 9.91. The minimum atomic E-state index is 0.287. The second-order valence-electron chi connectivity index (χ2n) is 7.60. The van der Waals surface area contributed by atoms with Crippen molar-refractivity contribution < 1.29 is 4.79 Å². The van der Waals surface area contributed by atoms with Crippen molar-refractivity contribution >= 4 is 28.6 Å². The van der Waals surface area contributed by atoms with Gasteiger partial charge in [-0.15, -0.1) is 11.8 Å². The fourth-order valence-corrected chi connectivity index (χ4v) is 4.93. The van der Waals surface area contributed by atoms with Crippen LogP contribution in [-0.4, -0.2) is 10.9 Å². The highest BCUT2D eigenvalue weighted by Gasteiger charge is 2.06. The fraction of sp³-hybridized carbons (Fsp3) is 0.500. The predicted octanol–water partition coefficient (Wildman–Crippen LogP) is 9.01. The Morgan fingerprint density at radius 1 is 0.655 bits per heavy atom. The Kier molecular flexibility index (Phi) is 12.2. The highest BCUT2D eigenvalue weighted by Crippen LogP contribution is 2.28. The Labute approximate surface area is 186 Å². The third-order valence-electron chi connectivity index (χ3n) is 5.02. The average molecular weight is 429 g/mol. The zero-order valence-corrected chi connectivity index (χ0v) is 19.8. The molecule has 0 N–H and O–H groups in total. The van der Waals surface area contributed by atoms with Gasteiger partial charge in [-0.05, 0) is 54.0 Å². The van der Waals surface area contributed by atoms with Crippen LogP contribution < -0.4 is 0 Å². The quantitative estimate of drug-likeness (QED) is 0.221. The molecule has 0 fully saturated rings. The molecule has 0 aliphatic rings. The predicted molar refractivity (Wildman–Crippen MR) is 131 cm³/mol. The maximum atomic E-state index is 12.1. The van der Waals surface area contributed by atoms with Crippen LogP contribution in [0.25, 0.3) is 11.1 Å². The zero-order valence-electron chi connectivity index (χ0n) is 18.1. The van der Waals surface area contributed by atoms with E-state index in [-0.39, 0.29) is 5.12 Å². The summed E-state index contributed by atoms with van der Waals surface area (Å²) in [7, 11) is 0. The van der Waals surface area contributed by atoms with Gasteiger partial charge in [-0.1, -0.05) is 94.8 Å². The van der Waals surface area contributed by atoms with Crippen molar-refractivity contribution in [3.05, 3.63) is 48.5 Å². The topological polar surface area (TPSA) is 17.1 Å². The standard InChI is InChI=1S/C26H36OS2/c1-3-5-7-9-10-12-26(27)29-25-19-15-23(16-20-25)22-13-17-24(18-14-22)28-21-11-8-6-4-2/h13-20H,3-12,21H2,1-2H3. The van der Waals surface area contributed by atoms with Gasteiger partial charge in [-0.25, -0.2) is 0 Å². The molecule has 3 heteroatoms. The van der Waals surface area contributed by atoms with Gasteiger partial charge in [0.15, 0.2) is 5.12 Å². The maximum absolute atomic E-state index is 12.1. The molecule has 0 bridgehead atoms. The van der Waals surface area contributed by atoms with Crippen molar-refractivity contribution in [1.82, 2.24) is 0 Å². The lowest BCUT2D eigenvalue weighted by atomic mass is 10.1. The highest BCUT2D eigenvalue weighted by molar-refractivity contribution is 8.13. The molecular formula is C26H36OS2. The molecule has 0 atom stereocenters. The van der Waals surface area contributed by atoms with E-state index < -0.39 is 0 Å². The summed E-state index contributed by atoms with van der Waals surface area (Å²) in [5, 5.41) is 0.287. The number of unbranched alkanes of at least 4 members (excludes halogenated alkanes) is 7. The van der Waals surface area contributed by atoms with Gasteiger partial charge in [0, 0.05) is 16.2 Å². The summed E-state index contributed by atoms with van der Waals surface area (Å²) in [6.45, 7) is 4.47. The summed E-state index contributed by atoms with van der Waals surface area (Å²) in [4.78, 5) is 14.5. The molecule has 2 rings (SSSR count). The van der Waals surface area contributed by atoms with Gasteiger partial charge < -0.3 is 0 Å². The molecule has 158 valence electrons. The van der Waals surface area contributed by atoms with Crippen LogP contribution in [-0.2, 0) is 4.79 Å². The first-order valence-electron chi connectivity index (χ1n) is 11.3. The number of benzene rings is 2. The van der Waals surface area contributed by atoms with Crippen molar-refractivity contribution in [3.63, 3.8) is 0 Å². The van der Waals surface area contributed by atoms with Gasteiger partial charge in [-0.2, -0.15) is 0 Å². The molecule has 0 unspecified atom stereocenters. The van der Waals surface area contributed by atoms with Gasteiger partial charge in [0.1, 0.15) is 0 Å². The van der Waals surface area contributed by atoms with Crippen LogP contribution in [0.5, 0.6) is 0 Å². The Bertz CT molecular complexity index is 692. The van der Waals surface area contributed by atoms with Crippen LogP contribution in [0.3, 0.4) is 0 Å². The minimum absolute atomic E-state index is 0.287. The van der Waals surface area contributed by atoms with Crippen molar-refractivity contribution in [2.24, 2.45) is 0 Å². The van der Waals surface area contributed by atoms with Gasteiger partial charge in [-0.3, -0.25) is 4.79 Å². The van der Waals surface area contributed by atoms with E-state index in [9.17, 15) is 4.79 Å². The van der Waals surface area contributed by atoms with E-state index in [1.807, 2.05) is 11.8 Å². The number of thioether (sulfide) groups is 2. The molecule has 0 radical (unpaired) electrons. The largest absolute Gasteiger partial charge is 0.287 e. The van der Waals surface area contributed by atoms with Crippen LogP contribution in [0.15, 0.2) is 58.3 Å². The summed E-state index contributed by atoms with van der Waals surface area (Å²) >= 11 is 3.34. The van der Waals surface area contributed by atoms with E-state index in [0.29, 0.717) is 6.42 Å². The molecule has 2 aromatic carbocycles. The molecule has 2 aromatic rings. The van der Waals surface area contributed by atoms with Crippen LogP contribution in [0.2, 0.25) is 0 Å². The van der Waals surface area contributed by atoms with Crippen LogP contribution in [0.4, 0.5) is 0 Å². The number of hydrogen-bond acceptors (Lipinski definition) is 3. The first kappa shape index (κ1) is 24.1. The van der Waals surface area contributed by atoms with E-state index >= 15 is 0 Å². The molecule has 0 aromatic heterocycles. The van der Waals surface area contributed by atoms with E-state index in [1.54, 1.807) is 0 Å². The average Bonchev–Trinajstić information content (AvgIpc) is 2.74. The Hall–Kier alpha value is -1.19. The molecule has 0 aliphatic carbocycles. The highest BCUT2D eigenvalue weighted by atomic mass is 32.2. The van der Waals surface area contributed by atoms with Gasteiger partial charge in [0.2, 0.25) is 0 Å². The van der Waals surface area contributed by atoms with Gasteiger partial charge in [0.25, 0.3) is 0 Å². The van der Waals surface area contributed by atoms with E-state index in [1.165, 1.54) is 84.9 Å². The summed E-state index contributed by atoms with van der Waals surface area (Å²) in [6.07, 6.45) is 11.9. The van der Waals surface area contributed by atoms with E-state index in [4.69, 9.17) is 0 Å². The fourth-order valence-electron chi connectivity index (χ4n) is 3.23. The lowest BCUT2D eigenvalue weighted by Crippen LogP contribution is -1.91. The smallest absolute Gasteiger partial charge is 0.193 e. The molecule has 0 amide bonds. The van der Waals surface area contributed by atoms with Crippen LogP contribution in [0, 0.1) is 0 Å². The Balaban J connectivity index is 1.76. The minimum Gasteiger partial charge on any atom is -0.287 e. The molecule has 0 aliphatic heterocycles. The normalized spacial score (nSPS) is 11.0. The summed E-state index contributed by atoms with van der Waals surface area (Å²) in [5.41, 5.74) is 2.44. The molecule has 0 saturated heterocycles. The SMILES string of the molecule is CCCCCCCC(=O)Sc1ccc(-c2ccc(SCCCCCC)cc2)cc1.